The number of rotatable bonds is 3. The van der Waals surface area contributed by atoms with Crippen LogP contribution in [-0.2, 0) is 6.42 Å². The molecule has 0 aliphatic carbocycles. The van der Waals surface area contributed by atoms with Crippen molar-refractivity contribution in [2.45, 2.75) is 32.7 Å². The maximum absolute atomic E-state index is 12.4. The number of hydrogen-bond donors (Lipinski definition) is 2. The number of anilines is 2. The Hall–Kier alpha value is -2.23. The number of aromatic nitrogens is 1. The van der Waals surface area contributed by atoms with Crippen molar-refractivity contribution >= 4 is 17.3 Å². The molecule has 1 aliphatic heterocycles. The van der Waals surface area contributed by atoms with E-state index in [0.29, 0.717) is 5.69 Å². The molecule has 2 heterocycles. The van der Waals surface area contributed by atoms with Crippen LogP contribution in [0.4, 0.5) is 11.4 Å². The highest BCUT2D eigenvalue weighted by Gasteiger charge is 2.14. The number of nitrogens with zero attached hydrogens (tertiary/aromatic N) is 1. The van der Waals surface area contributed by atoms with Gasteiger partial charge in [0.1, 0.15) is 5.69 Å². The van der Waals surface area contributed by atoms with Crippen LogP contribution in [0, 0.1) is 0 Å². The Morgan fingerprint density at radius 1 is 1.33 bits per heavy atom. The molecule has 0 fully saturated rings. The Kier molecular flexibility index (Phi) is 3.69. The summed E-state index contributed by atoms with van der Waals surface area (Å²) in [5, 5.41) is 6.38. The Bertz CT molecular complexity index is 658. The van der Waals surface area contributed by atoms with E-state index in [0.717, 1.165) is 25.1 Å². The fraction of sp³-hybridized carbons (Fsp3) is 0.353. The van der Waals surface area contributed by atoms with E-state index in [1.165, 1.54) is 11.3 Å². The average Bonchev–Trinajstić information content (AvgIpc) is 2.97. The summed E-state index contributed by atoms with van der Waals surface area (Å²) in [6.07, 6.45) is 4.14. The van der Waals surface area contributed by atoms with E-state index in [-0.39, 0.29) is 11.9 Å². The van der Waals surface area contributed by atoms with Crippen molar-refractivity contribution in [3.8, 4) is 0 Å². The van der Waals surface area contributed by atoms with Gasteiger partial charge in [-0.15, -0.1) is 0 Å². The monoisotopic (exact) mass is 283 g/mol. The number of carbonyl (C=O) groups is 1. The number of fused-ring (bicyclic) bond motifs is 1. The van der Waals surface area contributed by atoms with E-state index in [9.17, 15) is 4.79 Å². The minimum Gasteiger partial charge on any atom is -0.385 e. The zero-order valence-electron chi connectivity index (χ0n) is 12.5. The molecule has 3 rings (SSSR count). The van der Waals surface area contributed by atoms with Gasteiger partial charge in [0, 0.05) is 30.2 Å². The fourth-order valence-electron chi connectivity index (χ4n) is 2.78. The van der Waals surface area contributed by atoms with Gasteiger partial charge >= 0.3 is 0 Å². The first-order valence-corrected chi connectivity index (χ1v) is 7.50. The molecule has 2 N–H and O–H groups in total. The molecule has 4 nitrogen and oxygen atoms in total. The van der Waals surface area contributed by atoms with Crippen LogP contribution >= 0.6 is 0 Å². The van der Waals surface area contributed by atoms with Crippen LogP contribution < -0.4 is 10.6 Å². The summed E-state index contributed by atoms with van der Waals surface area (Å²) in [6, 6.07) is 10.1. The molecule has 2 aromatic rings. The summed E-state index contributed by atoms with van der Waals surface area (Å²) in [6.45, 7) is 5.17. The van der Waals surface area contributed by atoms with Gasteiger partial charge in [-0.1, -0.05) is 0 Å². The third-order valence-corrected chi connectivity index (χ3v) is 3.87. The normalized spacial score (nSPS) is 13.7. The Balaban J connectivity index is 1.80. The van der Waals surface area contributed by atoms with Gasteiger partial charge in [-0.2, -0.15) is 0 Å². The molecular weight excluding hydrogens is 262 g/mol. The SMILES string of the molecule is CC(C)n1cccc1C(=O)Nc1ccc2c(c1)CCCN2. The molecule has 1 aromatic carbocycles. The van der Waals surface area contributed by atoms with Crippen LogP contribution in [-0.4, -0.2) is 17.0 Å². The number of nitrogens with one attached hydrogen (secondary N) is 2. The Labute approximate surface area is 125 Å². The molecule has 0 radical (unpaired) electrons. The molecule has 0 unspecified atom stereocenters. The van der Waals surface area contributed by atoms with Crippen molar-refractivity contribution in [1.29, 1.82) is 0 Å². The van der Waals surface area contributed by atoms with Crippen molar-refractivity contribution in [2.24, 2.45) is 0 Å². The summed E-state index contributed by atoms with van der Waals surface area (Å²) in [5.74, 6) is -0.0579. The molecule has 4 heteroatoms. The predicted molar refractivity (Wildman–Crippen MR) is 86.0 cm³/mol. The summed E-state index contributed by atoms with van der Waals surface area (Å²) in [5.41, 5.74) is 4.02. The van der Waals surface area contributed by atoms with Crippen molar-refractivity contribution in [2.75, 3.05) is 17.2 Å². The lowest BCUT2D eigenvalue weighted by Crippen LogP contribution is -2.18. The molecule has 1 aromatic heterocycles. The van der Waals surface area contributed by atoms with E-state index < -0.39 is 0 Å². The van der Waals surface area contributed by atoms with Crippen LogP contribution in [0.1, 0.15) is 42.4 Å². The summed E-state index contributed by atoms with van der Waals surface area (Å²) >= 11 is 0. The van der Waals surface area contributed by atoms with Crippen LogP contribution in [0.25, 0.3) is 0 Å². The lowest BCUT2D eigenvalue weighted by atomic mass is 10.0. The molecule has 21 heavy (non-hydrogen) atoms. The lowest BCUT2D eigenvalue weighted by Gasteiger charge is -2.19. The second-order valence-electron chi connectivity index (χ2n) is 5.75. The van der Waals surface area contributed by atoms with Gasteiger partial charge in [0.05, 0.1) is 0 Å². The lowest BCUT2D eigenvalue weighted by molar-refractivity contribution is 0.101. The second kappa shape index (κ2) is 5.64. The molecule has 1 aliphatic rings. The molecule has 0 atom stereocenters. The van der Waals surface area contributed by atoms with E-state index in [1.807, 2.05) is 35.0 Å². The third-order valence-electron chi connectivity index (χ3n) is 3.87. The smallest absolute Gasteiger partial charge is 0.272 e. The second-order valence-corrected chi connectivity index (χ2v) is 5.75. The zero-order chi connectivity index (χ0) is 14.8. The van der Waals surface area contributed by atoms with E-state index in [2.05, 4.69) is 30.5 Å². The molecule has 1 amide bonds. The first-order valence-electron chi connectivity index (χ1n) is 7.50. The van der Waals surface area contributed by atoms with E-state index in [1.54, 1.807) is 0 Å². The molecule has 0 saturated heterocycles. The minimum absolute atomic E-state index is 0.0579. The van der Waals surface area contributed by atoms with Crippen LogP contribution in [0.5, 0.6) is 0 Å². The average molecular weight is 283 g/mol. The van der Waals surface area contributed by atoms with Crippen molar-refractivity contribution < 1.29 is 4.79 Å². The highest BCUT2D eigenvalue weighted by molar-refractivity contribution is 6.03. The Morgan fingerprint density at radius 2 is 2.19 bits per heavy atom. The highest BCUT2D eigenvalue weighted by atomic mass is 16.1. The number of hydrogen-bond acceptors (Lipinski definition) is 2. The fourth-order valence-corrected chi connectivity index (χ4v) is 2.78. The van der Waals surface area contributed by atoms with E-state index in [4.69, 9.17) is 0 Å². The topological polar surface area (TPSA) is 46.1 Å². The summed E-state index contributed by atoms with van der Waals surface area (Å²) in [7, 11) is 0. The van der Waals surface area contributed by atoms with Crippen molar-refractivity contribution in [3.63, 3.8) is 0 Å². The van der Waals surface area contributed by atoms with Crippen LogP contribution in [0.3, 0.4) is 0 Å². The standard InChI is InChI=1S/C17H21N3O/c1-12(2)20-10-4-6-16(20)17(21)19-14-7-8-15-13(11-14)5-3-9-18-15/h4,6-8,10-12,18H,3,5,9H2,1-2H3,(H,19,21). The first kappa shape index (κ1) is 13.7. The quantitative estimate of drug-likeness (QED) is 0.902. The van der Waals surface area contributed by atoms with Gasteiger partial charge < -0.3 is 15.2 Å². The maximum atomic E-state index is 12.4. The highest BCUT2D eigenvalue weighted by Crippen LogP contribution is 2.25. The van der Waals surface area contributed by atoms with Gasteiger partial charge in [0.2, 0.25) is 0 Å². The largest absolute Gasteiger partial charge is 0.385 e. The van der Waals surface area contributed by atoms with Crippen molar-refractivity contribution in [1.82, 2.24) is 4.57 Å². The predicted octanol–water partition coefficient (Wildman–Crippen LogP) is 3.68. The number of carbonyl (C=O) groups excluding carboxylic acids is 1. The van der Waals surface area contributed by atoms with Gasteiger partial charge in [-0.3, -0.25) is 4.79 Å². The molecule has 110 valence electrons. The van der Waals surface area contributed by atoms with E-state index >= 15 is 0 Å². The third kappa shape index (κ3) is 2.79. The molecule has 0 spiro atoms. The maximum Gasteiger partial charge on any atom is 0.272 e. The van der Waals surface area contributed by atoms with Gasteiger partial charge in [-0.25, -0.2) is 0 Å². The van der Waals surface area contributed by atoms with Gasteiger partial charge in [0.15, 0.2) is 0 Å². The number of amides is 1. The number of aryl methyl sites for hydroxylation is 1. The number of benzene rings is 1. The molecular formula is C17H21N3O. The Morgan fingerprint density at radius 3 is 3.00 bits per heavy atom. The van der Waals surface area contributed by atoms with Crippen molar-refractivity contribution in [3.05, 3.63) is 47.8 Å². The molecule has 0 bridgehead atoms. The zero-order valence-corrected chi connectivity index (χ0v) is 12.5. The van der Waals surface area contributed by atoms with Gasteiger partial charge in [0.25, 0.3) is 5.91 Å². The van der Waals surface area contributed by atoms with Crippen LogP contribution in [0.15, 0.2) is 36.5 Å². The summed E-state index contributed by atoms with van der Waals surface area (Å²) < 4.78 is 1.98. The molecule has 0 saturated carbocycles. The van der Waals surface area contributed by atoms with Gasteiger partial charge in [-0.05, 0) is 62.6 Å². The minimum atomic E-state index is -0.0579. The van der Waals surface area contributed by atoms with Crippen LogP contribution in [0.2, 0.25) is 0 Å². The first-order chi connectivity index (χ1) is 10.1. The summed E-state index contributed by atoms with van der Waals surface area (Å²) in [4.78, 5) is 12.4.